The monoisotopic (exact) mass is 290 g/mol. The minimum Gasteiger partial charge on any atom is -0.357 e. The summed E-state index contributed by atoms with van der Waals surface area (Å²) >= 11 is 0. The number of likely N-dealkylation sites (tertiary alicyclic amines) is 1. The van der Waals surface area contributed by atoms with Gasteiger partial charge in [0.2, 0.25) is 0 Å². The zero-order chi connectivity index (χ0) is 15.2. The average Bonchev–Trinajstić information content (AvgIpc) is 2.47. The van der Waals surface area contributed by atoms with Gasteiger partial charge in [-0.05, 0) is 63.1 Å². The number of nitrogens with one attached hydrogen (secondary N) is 1. The van der Waals surface area contributed by atoms with Gasteiger partial charge in [0.25, 0.3) is 0 Å². The number of hydrogen-bond acceptors (Lipinski definition) is 4. The topological polar surface area (TPSA) is 31.4 Å². The maximum Gasteiger partial charge on any atom is 0.128 e. The second-order valence-corrected chi connectivity index (χ2v) is 6.69. The molecule has 0 unspecified atom stereocenters. The van der Waals surface area contributed by atoms with Crippen LogP contribution < -0.4 is 10.2 Å². The molecule has 4 nitrogen and oxygen atoms in total. The highest BCUT2D eigenvalue weighted by molar-refractivity contribution is 5.41. The van der Waals surface area contributed by atoms with Crippen LogP contribution in [0.25, 0.3) is 0 Å². The summed E-state index contributed by atoms with van der Waals surface area (Å²) in [7, 11) is 4.39. The molecule has 21 heavy (non-hydrogen) atoms. The summed E-state index contributed by atoms with van der Waals surface area (Å²) in [6, 6.07) is 4.96. The molecular formula is C17H30N4. The molecule has 1 aliphatic rings. The molecule has 1 aromatic heterocycles. The number of hydrogen-bond donors (Lipinski definition) is 1. The standard InChI is InChI=1S/C17H30N4/c1-14(2)12-18-13-15-5-8-19-17(11-15)21(4)16-6-9-20(3)10-7-16/h5,8,11,14,16,18H,6-7,9-10,12-13H2,1-4H3. The molecule has 1 aromatic rings. The first-order valence-electron chi connectivity index (χ1n) is 8.13. The van der Waals surface area contributed by atoms with Crippen LogP contribution in [0.1, 0.15) is 32.3 Å². The summed E-state index contributed by atoms with van der Waals surface area (Å²) in [5, 5.41) is 3.50. The van der Waals surface area contributed by atoms with E-state index >= 15 is 0 Å². The Labute approximate surface area is 129 Å². The quantitative estimate of drug-likeness (QED) is 0.871. The summed E-state index contributed by atoms with van der Waals surface area (Å²) in [5.41, 5.74) is 1.32. The van der Waals surface area contributed by atoms with E-state index < -0.39 is 0 Å². The van der Waals surface area contributed by atoms with Crippen LogP contribution in [0.5, 0.6) is 0 Å². The van der Waals surface area contributed by atoms with E-state index in [2.05, 4.69) is 60.2 Å². The molecule has 0 aliphatic carbocycles. The van der Waals surface area contributed by atoms with Crippen molar-refractivity contribution in [2.75, 3.05) is 38.6 Å². The number of rotatable bonds is 6. The largest absolute Gasteiger partial charge is 0.357 e. The highest BCUT2D eigenvalue weighted by atomic mass is 15.2. The van der Waals surface area contributed by atoms with Crippen LogP contribution in [0.15, 0.2) is 18.3 Å². The molecule has 4 heteroatoms. The second kappa shape index (κ2) is 7.76. The molecule has 2 heterocycles. The lowest BCUT2D eigenvalue weighted by Gasteiger charge is -2.35. The molecule has 1 aliphatic heterocycles. The molecule has 0 amide bonds. The van der Waals surface area contributed by atoms with Gasteiger partial charge in [-0.2, -0.15) is 0 Å². The first kappa shape index (κ1) is 16.2. The lowest BCUT2D eigenvalue weighted by molar-refractivity contribution is 0.252. The van der Waals surface area contributed by atoms with Gasteiger partial charge >= 0.3 is 0 Å². The third kappa shape index (κ3) is 4.97. The predicted octanol–water partition coefficient (Wildman–Crippen LogP) is 2.36. The van der Waals surface area contributed by atoms with Gasteiger partial charge in [0.15, 0.2) is 0 Å². The number of aromatic nitrogens is 1. The van der Waals surface area contributed by atoms with Crippen molar-refractivity contribution in [2.45, 2.75) is 39.3 Å². The van der Waals surface area contributed by atoms with Gasteiger partial charge in [0.1, 0.15) is 5.82 Å². The van der Waals surface area contributed by atoms with E-state index in [0.717, 1.165) is 18.9 Å². The van der Waals surface area contributed by atoms with Crippen molar-refractivity contribution < 1.29 is 0 Å². The van der Waals surface area contributed by atoms with Gasteiger partial charge in [-0.15, -0.1) is 0 Å². The van der Waals surface area contributed by atoms with Gasteiger partial charge in [-0.3, -0.25) is 0 Å². The fourth-order valence-corrected chi connectivity index (χ4v) is 2.84. The molecular weight excluding hydrogens is 260 g/mol. The molecule has 0 bridgehead atoms. The van der Waals surface area contributed by atoms with Crippen LogP contribution in [0, 0.1) is 5.92 Å². The Morgan fingerprint density at radius 1 is 1.38 bits per heavy atom. The third-order valence-corrected chi connectivity index (χ3v) is 4.29. The van der Waals surface area contributed by atoms with E-state index in [9.17, 15) is 0 Å². The Hall–Kier alpha value is -1.13. The van der Waals surface area contributed by atoms with Crippen molar-refractivity contribution in [3.05, 3.63) is 23.9 Å². The highest BCUT2D eigenvalue weighted by Crippen LogP contribution is 2.20. The van der Waals surface area contributed by atoms with Crippen molar-refractivity contribution in [1.82, 2.24) is 15.2 Å². The van der Waals surface area contributed by atoms with Gasteiger partial charge in [-0.1, -0.05) is 13.8 Å². The molecule has 0 radical (unpaired) electrons. The number of anilines is 1. The van der Waals surface area contributed by atoms with Crippen molar-refractivity contribution >= 4 is 5.82 Å². The van der Waals surface area contributed by atoms with Crippen molar-refractivity contribution in [1.29, 1.82) is 0 Å². The van der Waals surface area contributed by atoms with Gasteiger partial charge < -0.3 is 15.1 Å². The van der Waals surface area contributed by atoms with Gasteiger partial charge in [0.05, 0.1) is 0 Å². The summed E-state index contributed by atoms with van der Waals surface area (Å²) in [4.78, 5) is 9.33. The first-order chi connectivity index (χ1) is 10.1. The summed E-state index contributed by atoms with van der Waals surface area (Å²) in [6.45, 7) is 8.82. The molecule has 1 fully saturated rings. The smallest absolute Gasteiger partial charge is 0.128 e. The van der Waals surface area contributed by atoms with Crippen molar-refractivity contribution in [3.8, 4) is 0 Å². The van der Waals surface area contributed by atoms with E-state index in [1.54, 1.807) is 0 Å². The highest BCUT2D eigenvalue weighted by Gasteiger charge is 2.21. The lowest BCUT2D eigenvalue weighted by Crippen LogP contribution is -2.42. The zero-order valence-corrected chi connectivity index (χ0v) is 14.0. The molecule has 2 rings (SSSR count). The summed E-state index contributed by atoms with van der Waals surface area (Å²) < 4.78 is 0. The van der Waals surface area contributed by atoms with E-state index in [0.29, 0.717) is 12.0 Å². The number of piperidine rings is 1. The maximum absolute atomic E-state index is 4.56. The average molecular weight is 290 g/mol. The van der Waals surface area contributed by atoms with Gasteiger partial charge in [-0.25, -0.2) is 4.98 Å². The Balaban J connectivity index is 1.93. The zero-order valence-electron chi connectivity index (χ0n) is 14.0. The Bertz CT molecular complexity index is 425. The Kier molecular flexibility index (Phi) is 6.00. The van der Waals surface area contributed by atoms with E-state index in [-0.39, 0.29) is 0 Å². The second-order valence-electron chi connectivity index (χ2n) is 6.69. The fourth-order valence-electron chi connectivity index (χ4n) is 2.84. The Morgan fingerprint density at radius 3 is 2.76 bits per heavy atom. The van der Waals surface area contributed by atoms with Crippen LogP contribution in [0.4, 0.5) is 5.82 Å². The predicted molar refractivity (Wildman–Crippen MR) is 89.7 cm³/mol. The van der Waals surface area contributed by atoms with Gasteiger partial charge in [0, 0.05) is 25.8 Å². The molecule has 0 saturated carbocycles. The van der Waals surface area contributed by atoms with Crippen molar-refractivity contribution in [2.24, 2.45) is 5.92 Å². The number of pyridine rings is 1. The van der Waals surface area contributed by atoms with Crippen LogP contribution >= 0.6 is 0 Å². The van der Waals surface area contributed by atoms with Crippen LogP contribution in [0.2, 0.25) is 0 Å². The summed E-state index contributed by atoms with van der Waals surface area (Å²) in [5.74, 6) is 1.79. The SMILES string of the molecule is CC(C)CNCc1ccnc(N(C)C2CCN(C)CC2)c1. The minimum absolute atomic E-state index is 0.618. The fraction of sp³-hybridized carbons (Fsp3) is 0.706. The normalized spacial score (nSPS) is 17.4. The van der Waals surface area contributed by atoms with E-state index in [4.69, 9.17) is 0 Å². The van der Waals surface area contributed by atoms with E-state index in [1.807, 2.05) is 6.20 Å². The third-order valence-electron chi connectivity index (χ3n) is 4.29. The molecule has 0 spiro atoms. The Morgan fingerprint density at radius 2 is 2.10 bits per heavy atom. The molecule has 118 valence electrons. The van der Waals surface area contributed by atoms with Crippen LogP contribution in [-0.4, -0.2) is 49.7 Å². The molecule has 0 atom stereocenters. The molecule has 1 saturated heterocycles. The first-order valence-corrected chi connectivity index (χ1v) is 8.13. The van der Waals surface area contributed by atoms with Crippen molar-refractivity contribution in [3.63, 3.8) is 0 Å². The maximum atomic E-state index is 4.56. The molecule has 0 aromatic carbocycles. The number of nitrogens with zero attached hydrogens (tertiary/aromatic N) is 3. The van der Waals surface area contributed by atoms with Crippen LogP contribution in [-0.2, 0) is 6.54 Å². The lowest BCUT2D eigenvalue weighted by atomic mass is 10.0. The summed E-state index contributed by atoms with van der Waals surface area (Å²) in [6.07, 6.45) is 4.39. The molecule has 1 N–H and O–H groups in total. The minimum atomic E-state index is 0.618. The van der Waals surface area contributed by atoms with Crippen LogP contribution in [0.3, 0.4) is 0 Å². The van der Waals surface area contributed by atoms with E-state index in [1.165, 1.54) is 31.5 Å².